The highest BCUT2D eigenvalue weighted by Crippen LogP contribution is 2.32. The number of anilines is 1. The average Bonchev–Trinajstić information content (AvgIpc) is 3.16. The summed E-state index contributed by atoms with van der Waals surface area (Å²) < 4.78 is 14.9. The van der Waals surface area contributed by atoms with Crippen LogP contribution in [0.15, 0.2) is 18.2 Å². The van der Waals surface area contributed by atoms with Crippen LogP contribution in [0.3, 0.4) is 0 Å². The van der Waals surface area contributed by atoms with Gasteiger partial charge in [-0.15, -0.1) is 0 Å². The number of morpholine rings is 1. The Kier molecular flexibility index (Phi) is 8.91. The summed E-state index contributed by atoms with van der Waals surface area (Å²) in [5.41, 5.74) is 6.00. The maximum Gasteiger partial charge on any atom is 0.320 e. The number of nitrogens with zero attached hydrogens (tertiary/aromatic N) is 2. The van der Waals surface area contributed by atoms with Crippen molar-refractivity contribution < 1.29 is 24.2 Å². The van der Waals surface area contributed by atoms with Gasteiger partial charge in [-0.25, -0.2) is 4.79 Å². The number of primary amides is 1. The molecule has 1 unspecified atom stereocenters. The Morgan fingerprint density at radius 3 is 2.81 bits per heavy atom. The van der Waals surface area contributed by atoms with Crippen LogP contribution in [0.5, 0.6) is 5.88 Å². The van der Waals surface area contributed by atoms with Gasteiger partial charge < -0.3 is 25.6 Å². The quantitative estimate of drug-likeness (QED) is 0.409. The van der Waals surface area contributed by atoms with E-state index in [4.69, 9.17) is 38.4 Å². The van der Waals surface area contributed by atoms with Crippen LogP contribution in [0.25, 0.3) is 0 Å². The number of β-amino-alcohol motifs (C(OH)–C–C–N with tert-alkyl or cyclic N) is 1. The molecule has 0 spiro atoms. The molecule has 1 atom stereocenters. The van der Waals surface area contributed by atoms with E-state index in [0.29, 0.717) is 35.4 Å². The van der Waals surface area contributed by atoms with Crippen molar-refractivity contribution in [2.45, 2.75) is 12.7 Å². The number of rotatable bonds is 9. The molecule has 1 aliphatic heterocycles. The molecule has 1 fully saturated rings. The molecule has 13 heteroatoms. The van der Waals surface area contributed by atoms with Gasteiger partial charge in [0, 0.05) is 31.7 Å². The van der Waals surface area contributed by atoms with Crippen molar-refractivity contribution >= 4 is 51.7 Å². The Bertz CT molecular complexity index is 954. The number of aromatic nitrogens is 1. The molecule has 5 N–H and O–H groups in total. The number of carbonyl (C=O) groups is 2. The highest BCUT2D eigenvalue weighted by Gasteiger charge is 2.23. The monoisotopic (exact) mass is 503 g/mol. The number of benzene rings is 1. The predicted octanol–water partition coefficient (Wildman–Crippen LogP) is 1.94. The maximum atomic E-state index is 12.2. The zero-order valence-corrected chi connectivity index (χ0v) is 19.3. The van der Waals surface area contributed by atoms with Gasteiger partial charge in [0.05, 0.1) is 29.4 Å². The van der Waals surface area contributed by atoms with Gasteiger partial charge in [-0.1, -0.05) is 35.3 Å². The van der Waals surface area contributed by atoms with E-state index in [-0.39, 0.29) is 29.6 Å². The van der Waals surface area contributed by atoms with Gasteiger partial charge in [0.25, 0.3) is 5.91 Å². The lowest BCUT2D eigenvalue weighted by molar-refractivity contribution is 0.0154. The minimum Gasteiger partial charge on any atom is -0.472 e. The van der Waals surface area contributed by atoms with Gasteiger partial charge >= 0.3 is 6.03 Å². The lowest BCUT2D eigenvalue weighted by atomic mass is 10.2. The molecule has 2 heterocycles. The number of hydrogen-bond acceptors (Lipinski definition) is 8. The van der Waals surface area contributed by atoms with Crippen molar-refractivity contribution in [1.29, 1.82) is 0 Å². The van der Waals surface area contributed by atoms with Crippen LogP contribution >= 0.6 is 34.7 Å². The fourth-order valence-corrected chi connectivity index (χ4v) is 4.10. The summed E-state index contributed by atoms with van der Waals surface area (Å²) in [7, 11) is 0. The van der Waals surface area contributed by atoms with E-state index in [1.54, 1.807) is 18.2 Å². The SMILES string of the molecule is NC(=O)c1c(OCc2cccc(Cl)c2Cl)nsc1NC(=O)NCC(O)CN1CCOCC1. The van der Waals surface area contributed by atoms with Gasteiger partial charge in [0.1, 0.15) is 17.2 Å². The van der Waals surface area contributed by atoms with E-state index in [1.165, 1.54) is 0 Å². The minimum absolute atomic E-state index is 0.00275. The summed E-state index contributed by atoms with van der Waals surface area (Å²) in [6, 6.07) is 4.47. The molecule has 0 bridgehead atoms. The van der Waals surface area contributed by atoms with E-state index < -0.39 is 18.0 Å². The molecule has 0 aliphatic carbocycles. The van der Waals surface area contributed by atoms with E-state index in [0.717, 1.165) is 24.6 Å². The van der Waals surface area contributed by atoms with Crippen LogP contribution in [0, 0.1) is 0 Å². The van der Waals surface area contributed by atoms with Crippen molar-refractivity contribution in [3.63, 3.8) is 0 Å². The number of aliphatic hydroxyl groups is 1. The first kappa shape index (κ1) is 24.5. The van der Waals surface area contributed by atoms with E-state index in [2.05, 4.69) is 19.9 Å². The summed E-state index contributed by atoms with van der Waals surface area (Å²) in [6.45, 7) is 3.16. The Balaban J connectivity index is 1.55. The number of aliphatic hydroxyl groups excluding tert-OH is 1. The van der Waals surface area contributed by atoms with Crippen molar-refractivity contribution in [3.05, 3.63) is 39.4 Å². The molecule has 3 amide bonds. The molecule has 1 aliphatic rings. The second kappa shape index (κ2) is 11.6. The van der Waals surface area contributed by atoms with Gasteiger partial charge in [0.15, 0.2) is 0 Å². The second-order valence-electron chi connectivity index (χ2n) is 6.96. The van der Waals surface area contributed by atoms with Crippen LogP contribution in [-0.4, -0.2) is 71.8 Å². The van der Waals surface area contributed by atoms with Crippen molar-refractivity contribution in [3.8, 4) is 5.88 Å². The summed E-state index contributed by atoms with van der Waals surface area (Å²) in [5, 5.41) is 16.1. The molecule has 0 saturated carbocycles. The lowest BCUT2D eigenvalue weighted by Crippen LogP contribution is -2.45. The second-order valence-corrected chi connectivity index (χ2v) is 8.52. The molecule has 1 saturated heterocycles. The molecule has 0 radical (unpaired) electrons. The Morgan fingerprint density at radius 2 is 2.09 bits per heavy atom. The first-order valence-electron chi connectivity index (χ1n) is 9.73. The van der Waals surface area contributed by atoms with E-state index in [9.17, 15) is 14.7 Å². The smallest absolute Gasteiger partial charge is 0.320 e. The lowest BCUT2D eigenvalue weighted by Gasteiger charge is -2.28. The summed E-state index contributed by atoms with van der Waals surface area (Å²) >= 11 is 13.0. The number of urea groups is 1. The predicted molar refractivity (Wildman–Crippen MR) is 122 cm³/mol. The third-order valence-electron chi connectivity index (χ3n) is 4.60. The van der Waals surface area contributed by atoms with Crippen molar-refractivity contribution in [1.82, 2.24) is 14.6 Å². The van der Waals surface area contributed by atoms with Crippen LogP contribution in [-0.2, 0) is 11.3 Å². The zero-order chi connectivity index (χ0) is 23.1. The maximum absolute atomic E-state index is 12.2. The zero-order valence-electron chi connectivity index (χ0n) is 17.0. The first-order chi connectivity index (χ1) is 15.3. The number of carbonyl (C=O) groups excluding carboxylic acids is 2. The third-order valence-corrected chi connectivity index (χ3v) is 6.21. The van der Waals surface area contributed by atoms with Crippen LogP contribution in [0.4, 0.5) is 9.80 Å². The molecule has 2 aromatic rings. The molecular formula is C19H23Cl2N5O5S. The molecule has 1 aromatic heterocycles. The fraction of sp³-hybridized carbons (Fsp3) is 0.421. The van der Waals surface area contributed by atoms with Gasteiger partial charge in [-0.05, 0) is 17.6 Å². The number of halogens is 2. The van der Waals surface area contributed by atoms with E-state index >= 15 is 0 Å². The average molecular weight is 504 g/mol. The summed E-state index contributed by atoms with van der Waals surface area (Å²) in [6.07, 6.45) is -0.753. The summed E-state index contributed by atoms with van der Waals surface area (Å²) in [4.78, 5) is 26.2. The number of ether oxygens (including phenoxy) is 2. The number of nitrogens with one attached hydrogen (secondary N) is 2. The van der Waals surface area contributed by atoms with E-state index in [1.807, 2.05) is 0 Å². The Hall–Kier alpha value is -2.15. The molecule has 32 heavy (non-hydrogen) atoms. The normalized spacial score (nSPS) is 15.2. The van der Waals surface area contributed by atoms with Crippen LogP contribution in [0.2, 0.25) is 10.0 Å². The third kappa shape index (κ3) is 6.67. The summed E-state index contributed by atoms with van der Waals surface area (Å²) in [5.74, 6) is -0.838. The number of nitrogens with two attached hydrogens (primary N) is 1. The van der Waals surface area contributed by atoms with Gasteiger partial charge in [-0.3, -0.25) is 15.0 Å². The van der Waals surface area contributed by atoms with Crippen LogP contribution < -0.4 is 21.1 Å². The molecule has 174 valence electrons. The number of amides is 3. The highest BCUT2D eigenvalue weighted by molar-refractivity contribution is 7.11. The Labute approximate surface area is 198 Å². The fourth-order valence-electron chi connectivity index (χ4n) is 2.99. The Morgan fingerprint density at radius 1 is 1.34 bits per heavy atom. The van der Waals surface area contributed by atoms with Gasteiger partial charge in [0.2, 0.25) is 5.88 Å². The van der Waals surface area contributed by atoms with Gasteiger partial charge in [-0.2, -0.15) is 4.37 Å². The number of hydrogen-bond donors (Lipinski definition) is 4. The molecule has 3 rings (SSSR count). The van der Waals surface area contributed by atoms with Crippen molar-refractivity contribution in [2.75, 3.05) is 44.7 Å². The van der Waals surface area contributed by atoms with Crippen LogP contribution in [0.1, 0.15) is 15.9 Å². The minimum atomic E-state index is -0.811. The first-order valence-corrected chi connectivity index (χ1v) is 11.3. The highest BCUT2D eigenvalue weighted by atomic mass is 35.5. The molecule has 10 nitrogen and oxygen atoms in total. The topological polar surface area (TPSA) is 139 Å². The largest absolute Gasteiger partial charge is 0.472 e. The molecular weight excluding hydrogens is 481 g/mol. The van der Waals surface area contributed by atoms with Crippen molar-refractivity contribution in [2.24, 2.45) is 5.73 Å². The molecule has 1 aromatic carbocycles. The standard InChI is InChI=1S/C19H23Cl2N5O5S/c20-13-3-1-2-11(15(13)21)10-31-17-14(16(22)28)18(32-25-17)24-19(29)23-8-12(27)9-26-4-6-30-7-5-26/h1-3,12,27H,4-10H2,(H2,22,28)(H2,23,24,29).